The molecule has 4 fully saturated rings. The van der Waals surface area contributed by atoms with Crippen molar-refractivity contribution in [1.82, 2.24) is 5.32 Å². The van der Waals surface area contributed by atoms with Crippen molar-refractivity contribution in [3.63, 3.8) is 0 Å². The van der Waals surface area contributed by atoms with Crippen LogP contribution in [0, 0.1) is 17.3 Å². The Morgan fingerprint density at radius 2 is 1.79 bits per heavy atom. The summed E-state index contributed by atoms with van der Waals surface area (Å²) in [5, 5.41) is 2.85. The van der Waals surface area contributed by atoms with Crippen LogP contribution >= 0.6 is 0 Å². The normalized spacial score (nSPS) is 36.4. The van der Waals surface area contributed by atoms with Gasteiger partial charge in [-0.05, 0) is 61.3 Å². The Morgan fingerprint density at radius 3 is 2.42 bits per heavy atom. The predicted molar refractivity (Wildman–Crippen MR) is 90.3 cm³/mol. The van der Waals surface area contributed by atoms with Gasteiger partial charge in [0, 0.05) is 0 Å². The van der Waals surface area contributed by atoms with Crippen LogP contribution in [-0.4, -0.2) is 25.5 Å². The number of carbonyl (C=O) groups excluding carboxylic acids is 2. The number of hydrogen-bond donors (Lipinski definition) is 1. The Bertz CT molecular complexity index is 640. The minimum atomic E-state index is -0.383. The lowest BCUT2D eigenvalue weighted by atomic mass is 9.42. The summed E-state index contributed by atoms with van der Waals surface area (Å²) < 4.78 is 4.66. The van der Waals surface area contributed by atoms with Crippen LogP contribution in [0.25, 0.3) is 0 Å². The van der Waals surface area contributed by atoms with Crippen molar-refractivity contribution >= 4 is 11.9 Å². The summed E-state index contributed by atoms with van der Waals surface area (Å²) in [4.78, 5) is 24.4. The van der Waals surface area contributed by atoms with E-state index in [1.165, 1.54) is 31.9 Å². The quantitative estimate of drug-likeness (QED) is 0.865. The molecule has 2 atom stereocenters. The van der Waals surface area contributed by atoms with E-state index in [4.69, 9.17) is 0 Å². The smallest absolute Gasteiger partial charge is 0.325 e. The van der Waals surface area contributed by atoms with Crippen molar-refractivity contribution in [3.8, 4) is 0 Å². The summed E-state index contributed by atoms with van der Waals surface area (Å²) in [5.41, 5.74) is 1.24. The summed E-state index contributed by atoms with van der Waals surface area (Å²) in [6, 6.07) is 10.7. The van der Waals surface area contributed by atoms with Gasteiger partial charge in [-0.2, -0.15) is 0 Å². The number of ether oxygens (including phenoxy) is 1. The Labute approximate surface area is 143 Å². The van der Waals surface area contributed by atoms with E-state index in [0.29, 0.717) is 11.8 Å². The maximum absolute atomic E-state index is 13.0. The Morgan fingerprint density at radius 1 is 1.12 bits per heavy atom. The van der Waals surface area contributed by atoms with Crippen LogP contribution in [-0.2, 0) is 19.7 Å². The van der Waals surface area contributed by atoms with Gasteiger partial charge < -0.3 is 10.1 Å². The van der Waals surface area contributed by atoms with Crippen molar-refractivity contribution in [3.05, 3.63) is 35.9 Å². The van der Waals surface area contributed by atoms with E-state index >= 15 is 0 Å². The molecule has 0 radical (unpaired) electrons. The molecule has 5 rings (SSSR count). The van der Waals surface area contributed by atoms with Gasteiger partial charge in [-0.3, -0.25) is 9.59 Å². The lowest BCUT2D eigenvalue weighted by molar-refractivity contribution is -0.152. The topological polar surface area (TPSA) is 55.4 Å². The van der Waals surface area contributed by atoms with Gasteiger partial charge >= 0.3 is 5.97 Å². The molecule has 0 heterocycles. The molecule has 128 valence electrons. The average molecular weight is 327 g/mol. The molecule has 4 saturated carbocycles. The molecule has 0 aliphatic heterocycles. The molecular weight excluding hydrogens is 302 g/mol. The zero-order valence-corrected chi connectivity index (χ0v) is 14.2. The van der Waals surface area contributed by atoms with Crippen molar-refractivity contribution in [2.75, 3.05) is 13.7 Å². The van der Waals surface area contributed by atoms with Crippen LogP contribution in [0.5, 0.6) is 0 Å². The fourth-order valence-corrected chi connectivity index (χ4v) is 6.07. The number of methoxy groups -OCH3 is 1. The largest absolute Gasteiger partial charge is 0.468 e. The molecule has 4 heteroatoms. The first-order chi connectivity index (χ1) is 11.6. The number of benzene rings is 1. The second-order valence-electron chi connectivity index (χ2n) is 8.15. The third-order valence-electron chi connectivity index (χ3n) is 6.55. The minimum absolute atomic E-state index is 0.0231. The Balaban J connectivity index is 1.61. The molecule has 0 unspecified atom stereocenters. The van der Waals surface area contributed by atoms with Crippen molar-refractivity contribution in [1.29, 1.82) is 0 Å². The summed E-state index contributed by atoms with van der Waals surface area (Å²) in [5.74, 6) is 0.943. The van der Waals surface area contributed by atoms with Crippen molar-refractivity contribution < 1.29 is 14.3 Å². The zero-order valence-electron chi connectivity index (χ0n) is 14.2. The molecule has 0 aromatic heterocycles. The van der Waals surface area contributed by atoms with Crippen molar-refractivity contribution in [2.24, 2.45) is 17.3 Å². The molecule has 1 N–H and O–H groups in total. The lowest BCUT2D eigenvalue weighted by Crippen LogP contribution is -2.59. The van der Waals surface area contributed by atoms with E-state index in [1.807, 2.05) is 0 Å². The number of nitrogens with one attached hydrogen (secondary N) is 1. The van der Waals surface area contributed by atoms with E-state index in [0.717, 1.165) is 19.3 Å². The van der Waals surface area contributed by atoms with Crippen molar-refractivity contribution in [2.45, 2.75) is 43.9 Å². The second kappa shape index (κ2) is 5.61. The highest BCUT2D eigenvalue weighted by atomic mass is 16.5. The number of amides is 1. The SMILES string of the molecule is COC(=O)CNC(=O)C12C[C@@H]3C[C@@H](C1)CC(c1ccccc1)(C3)C2. The average Bonchev–Trinajstić information content (AvgIpc) is 2.59. The maximum atomic E-state index is 13.0. The number of carbonyl (C=O) groups is 2. The van der Waals surface area contributed by atoms with Crippen LogP contribution in [0.4, 0.5) is 0 Å². The monoisotopic (exact) mass is 327 g/mol. The van der Waals surface area contributed by atoms with Gasteiger partial charge in [0.05, 0.1) is 12.5 Å². The molecule has 1 aromatic rings. The molecule has 4 bridgehead atoms. The van der Waals surface area contributed by atoms with E-state index in [1.54, 1.807) is 0 Å². The maximum Gasteiger partial charge on any atom is 0.325 e. The number of hydrogen-bond acceptors (Lipinski definition) is 3. The molecular formula is C20H25NO3. The fraction of sp³-hybridized carbons (Fsp3) is 0.600. The Hall–Kier alpha value is -1.84. The minimum Gasteiger partial charge on any atom is -0.468 e. The van der Waals surface area contributed by atoms with Gasteiger partial charge in [0.15, 0.2) is 0 Å². The first kappa shape index (κ1) is 15.7. The molecule has 0 spiro atoms. The summed E-state index contributed by atoms with van der Waals surface area (Å²) in [6.07, 6.45) is 6.56. The molecule has 4 aliphatic rings. The molecule has 0 saturated heterocycles. The Kier molecular flexibility index (Phi) is 3.66. The summed E-state index contributed by atoms with van der Waals surface area (Å²) in [6.45, 7) is -0.0231. The first-order valence-electron chi connectivity index (χ1n) is 8.96. The molecule has 4 aliphatic carbocycles. The number of esters is 1. The highest BCUT2D eigenvalue weighted by Gasteiger charge is 2.60. The van der Waals surface area contributed by atoms with Crippen LogP contribution in [0.3, 0.4) is 0 Å². The predicted octanol–water partition coefficient (Wildman–Crippen LogP) is 2.81. The van der Waals surface area contributed by atoms with Gasteiger partial charge in [0.1, 0.15) is 6.54 Å². The van der Waals surface area contributed by atoms with Crippen LogP contribution in [0.2, 0.25) is 0 Å². The van der Waals surface area contributed by atoms with Gasteiger partial charge in [0.25, 0.3) is 0 Å². The fourth-order valence-electron chi connectivity index (χ4n) is 6.07. The third kappa shape index (κ3) is 2.43. The zero-order chi connectivity index (χ0) is 16.8. The second-order valence-corrected chi connectivity index (χ2v) is 8.15. The molecule has 1 amide bonds. The van der Waals surface area contributed by atoms with Gasteiger partial charge in [-0.1, -0.05) is 30.3 Å². The van der Waals surface area contributed by atoms with Gasteiger partial charge in [-0.25, -0.2) is 0 Å². The summed E-state index contributed by atoms with van der Waals surface area (Å²) >= 11 is 0. The van der Waals surface area contributed by atoms with Crippen LogP contribution in [0.15, 0.2) is 30.3 Å². The highest BCUT2D eigenvalue weighted by molar-refractivity contribution is 5.87. The van der Waals surface area contributed by atoms with E-state index in [9.17, 15) is 9.59 Å². The van der Waals surface area contributed by atoms with E-state index < -0.39 is 0 Å². The van der Waals surface area contributed by atoms with Crippen LogP contribution < -0.4 is 5.32 Å². The molecule has 1 aromatic carbocycles. The van der Waals surface area contributed by atoms with Crippen LogP contribution in [0.1, 0.15) is 44.1 Å². The third-order valence-corrected chi connectivity index (χ3v) is 6.55. The standard InChI is InChI=1S/C20H25NO3/c1-24-17(22)12-21-18(23)20-10-14-7-15(11-20)9-19(8-14,13-20)16-5-3-2-4-6-16/h2-6,14-15H,7-13H2,1H3,(H,21,23)/t14-,15-,19?,20?/m1/s1. The van der Waals surface area contributed by atoms with E-state index in [2.05, 4.69) is 40.4 Å². The first-order valence-corrected chi connectivity index (χ1v) is 8.96. The van der Waals surface area contributed by atoms with Gasteiger partial charge in [-0.15, -0.1) is 0 Å². The molecule has 24 heavy (non-hydrogen) atoms. The highest BCUT2D eigenvalue weighted by Crippen LogP contribution is 2.65. The van der Waals surface area contributed by atoms with E-state index in [-0.39, 0.29) is 29.3 Å². The van der Waals surface area contributed by atoms with Gasteiger partial charge in [0.2, 0.25) is 5.91 Å². The molecule has 4 nitrogen and oxygen atoms in total. The summed E-state index contributed by atoms with van der Waals surface area (Å²) in [7, 11) is 1.35. The number of rotatable bonds is 4. The lowest BCUT2D eigenvalue weighted by Gasteiger charge is -2.61.